The van der Waals surface area contributed by atoms with Gasteiger partial charge in [-0.1, -0.05) is 79.9 Å². The summed E-state index contributed by atoms with van der Waals surface area (Å²) >= 11 is 0. The first-order valence-electron chi connectivity index (χ1n) is 12.1. The van der Waals surface area contributed by atoms with Crippen LogP contribution in [0.3, 0.4) is 0 Å². The van der Waals surface area contributed by atoms with E-state index >= 15 is 0 Å². The van der Waals surface area contributed by atoms with E-state index in [0.29, 0.717) is 36.3 Å². The molecule has 0 amide bonds. The molecule has 0 atom stereocenters. The number of hydrogen-bond donors (Lipinski definition) is 3. The maximum atomic E-state index is 11.0. The minimum Gasteiger partial charge on any atom is -0.485 e. The van der Waals surface area contributed by atoms with Crippen LogP contribution >= 0.6 is 0 Å². The Labute approximate surface area is 213 Å². The van der Waals surface area contributed by atoms with Gasteiger partial charge in [0.05, 0.1) is 6.54 Å². The molecule has 5 N–H and O–H groups in total. The second-order valence-corrected chi connectivity index (χ2v) is 8.37. The van der Waals surface area contributed by atoms with E-state index in [-0.39, 0.29) is 6.54 Å². The Balaban J connectivity index is 0.000000313. The summed E-state index contributed by atoms with van der Waals surface area (Å²) in [5.74, 6) is 0.227. The lowest BCUT2D eigenvalue weighted by atomic mass is 9.97. The van der Waals surface area contributed by atoms with E-state index in [1.165, 1.54) is 32.1 Å². The van der Waals surface area contributed by atoms with E-state index < -0.39 is 5.97 Å². The summed E-state index contributed by atoms with van der Waals surface area (Å²) in [6.45, 7) is 0.591. The van der Waals surface area contributed by atoms with Gasteiger partial charge < -0.3 is 26.0 Å². The number of aliphatic carboxylic acids is 1. The summed E-state index contributed by atoms with van der Waals surface area (Å²) in [5, 5.41) is 7.60. The van der Waals surface area contributed by atoms with Crippen molar-refractivity contribution in [3.63, 3.8) is 0 Å². The van der Waals surface area contributed by atoms with E-state index in [9.17, 15) is 9.59 Å². The van der Waals surface area contributed by atoms with Crippen molar-refractivity contribution in [2.45, 2.75) is 51.4 Å². The van der Waals surface area contributed by atoms with Gasteiger partial charge in [0.15, 0.2) is 11.5 Å². The largest absolute Gasteiger partial charge is 0.485 e. The number of carbonyl (C=O) groups is 2. The number of aldehydes is 1. The summed E-state index contributed by atoms with van der Waals surface area (Å²) < 4.78 is 11.7. The summed E-state index contributed by atoms with van der Waals surface area (Å²) in [6, 6.07) is 25.5. The van der Waals surface area contributed by atoms with Gasteiger partial charge in [-0.2, -0.15) is 0 Å². The molecule has 3 aromatic carbocycles. The highest BCUT2D eigenvalue weighted by molar-refractivity contribution is 5.76. The molecule has 0 aromatic heterocycles. The van der Waals surface area contributed by atoms with Gasteiger partial charge in [-0.25, -0.2) is 0 Å². The predicted molar refractivity (Wildman–Crippen MR) is 141 cm³/mol. The fourth-order valence-corrected chi connectivity index (χ4v) is 3.43. The highest BCUT2D eigenvalue weighted by Crippen LogP contribution is 2.29. The number of rotatable bonds is 8. The van der Waals surface area contributed by atoms with E-state index in [1.807, 2.05) is 60.7 Å². The summed E-state index contributed by atoms with van der Waals surface area (Å²) in [4.78, 5) is 20.3. The van der Waals surface area contributed by atoms with Crippen LogP contribution in [0.4, 0.5) is 0 Å². The fraction of sp³-hybridized carbons (Fsp3) is 0.310. The number of hydrogen-bond acceptors (Lipinski definition) is 6. The molecule has 0 saturated heterocycles. The smallest absolute Gasteiger partial charge is 0.317 e. The van der Waals surface area contributed by atoms with Crippen molar-refractivity contribution in [3.8, 4) is 11.5 Å². The first kappa shape index (κ1) is 28.6. The monoisotopic (exact) mass is 492 g/mol. The molecular formula is C29H36N2O5. The summed E-state index contributed by atoms with van der Waals surface area (Å²) in [6.07, 6.45) is 7.46. The second-order valence-electron chi connectivity index (χ2n) is 8.37. The Morgan fingerprint density at radius 2 is 1.33 bits per heavy atom. The highest BCUT2D eigenvalue weighted by atomic mass is 16.5. The zero-order valence-corrected chi connectivity index (χ0v) is 20.6. The number of carboxylic acids is 1. The predicted octanol–water partition coefficient (Wildman–Crippen LogP) is 4.96. The van der Waals surface area contributed by atoms with Gasteiger partial charge in [0, 0.05) is 11.6 Å². The molecule has 0 radical (unpaired) electrons. The zero-order valence-electron chi connectivity index (χ0n) is 20.6. The molecule has 0 spiro atoms. The minimum atomic E-state index is -0.968. The van der Waals surface area contributed by atoms with Crippen LogP contribution < -0.4 is 20.9 Å². The molecule has 1 fully saturated rings. The van der Waals surface area contributed by atoms with Crippen LogP contribution in [0.25, 0.3) is 0 Å². The molecule has 36 heavy (non-hydrogen) atoms. The normalized spacial score (nSPS) is 12.7. The van der Waals surface area contributed by atoms with E-state index in [2.05, 4.69) is 5.73 Å². The summed E-state index contributed by atoms with van der Waals surface area (Å²) in [7, 11) is 0. The SMILES string of the molecule is NC1CCCCC1.NCC(=O)O.O=Cc1ccc(OCc2ccccc2)c(OCc2ccccc2)c1. The van der Waals surface area contributed by atoms with Crippen molar-refractivity contribution < 1.29 is 24.2 Å². The quantitative estimate of drug-likeness (QED) is 0.379. The number of nitrogens with two attached hydrogens (primary N) is 2. The average molecular weight is 493 g/mol. The van der Waals surface area contributed by atoms with Crippen molar-refractivity contribution in [1.29, 1.82) is 0 Å². The van der Waals surface area contributed by atoms with Gasteiger partial charge in [0.2, 0.25) is 0 Å². The van der Waals surface area contributed by atoms with Crippen molar-refractivity contribution >= 4 is 12.3 Å². The summed E-state index contributed by atoms with van der Waals surface area (Å²) in [5.41, 5.74) is 12.9. The van der Waals surface area contributed by atoms with Crippen molar-refractivity contribution in [2.75, 3.05) is 6.54 Å². The molecule has 3 aromatic rings. The van der Waals surface area contributed by atoms with Crippen LogP contribution in [0.5, 0.6) is 11.5 Å². The molecule has 0 heterocycles. The standard InChI is InChI=1S/C21H18O3.C6H13N.C2H5NO2/c22-14-19-11-12-20(23-15-17-7-3-1-4-8-17)21(13-19)24-16-18-9-5-2-6-10-18;7-6-4-2-1-3-5-6;3-1-2(4)5/h1-14H,15-16H2;6H,1-5,7H2;1,3H2,(H,4,5). The molecule has 7 heteroatoms. The minimum absolute atomic E-state index is 0.278. The number of benzene rings is 3. The average Bonchev–Trinajstić information content (AvgIpc) is 2.93. The number of carboxylic acid groups (broad SMARTS) is 1. The third kappa shape index (κ3) is 11.6. The molecule has 0 unspecified atom stereocenters. The Bertz CT molecular complexity index is 1020. The molecule has 192 valence electrons. The third-order valence-electron chi connectivity index (χ3n) is 5.40. The van der Waals surface area contributed by atoms with Crippen LogP contribution in [-0.2, 0) is 18.0 Å². The Hall–Kier alpha value is -3.68. The van der Waals surface area contributed by atoms with Gasteiger partial charge in [0.1, 0.15) is 19.5 Å². The molecule has 1 saturated carbocycles. The van der Waals surface area contributed by atoms with Crippen LogP contribution in [0.15, 0.2) is 78.9 Å². The number of ether oxygens (including phenoxy) is 2. The fourth-order valence-electron chi connectivity index (χ4n) is 3.43. The van der Waals surface area contributed by atoms with Gasteiger partial charge in [0.25, 0.3) is 0 Å². The molecule has 1 aliphatic carbocycles. The van der Waals surface area contributed by atoms with Crippen LogP contribution in [0.2, 0.25) is 0 Å². The van der Waals surface area contributed by atoms with Gasteiger partial charge in [-0.05, 0) is 42.2 Å². The molecule has 1 aliphatic rings. The lowest BCUT2D eigenvalue weighted by Gasteiger charge is -2.15. The van der Waals surface area contributed by atoms with Crippen LogP contribution in [0.1, 0.15) is 53.6 Å². The Morgan fingerprint density at radius 1 is 0.833 bits per heavy atom. The number of carbonyl (C=O) groups excluding carboxylic acids is 1. The molecule has 0 bridgehead atoms. The third-order valence-corrected chi connectivity index (χ3v) is 5.40. The van der Waals surface area contributed by atoms with Crippen molar-refractivity contribution in [1.82, 2.24) is 0 Å². The van der Waals surface area contributed by atoms with Crippen molar-refractivity contribution in [2.24, 2.45) is 11.5 Å². The molecule has 7 nitrogen and oxygen atoms in total. The van der Waals surface area contributed by atoms with E-state index in [0.717, 1.165) is 17.4 Å². The van der Waals surface area contributed by atoms with Crippen LogP contribution in [0, 0.1) is 0 Å². The topological polar surface area (TPSA) is 125 Å². The van der Waals surface area contributed by atoms with E-state index in [4.69, 9.17) is 20.3 Å². The van der Waals surface area contributed by atoms with Gasteiger partial charge in [-0.3, -0.25) is 9.59 Å². The maximum Gasteiger partial charge on any atom is 0.317 e. The Kier molecular flexibility index (Phi) is 13.4. The molecular weight excluding hydrogens is 456 g/mol. The second kappa shape index (κ2) is 16.9. The van der Waals surface area contributed by atoms with E-state index in [1.54, 1.807) is 18.2 Å². The van der Waals surface area contributed by atoms with Gasteiger partial charge >= 0.3 is 5.97 Å². The lowest BCUT2D eigenvalue weighted by molar-refractivity contribution is -0.135. The first-order valence-corrected chi connectivity index (χ1v) is 12.1. The first-order chi connectivity index (χ1) is 17.5. The highest BCUT2D eigenvalue weighted by Gasteiger charge is 2.08. The Morgan fingerprint density at radius 3 is 1.75 bits per heavy atom. The van der Waals surface area contributed by atoms with Gasteiger partial charge in [-0.15, -0.1) is 0 Å². The molecule has 4 rings (SSSR count). The zero-order chi connectivity index (χ0) is 26.0. The van der Waals surface area contributed by atoms with Crippen LogP contribution in [-0.4, -0.2) is 29.9 Å². The molecule has 0 aliphatic heterocycles. The maximum absolute atomic E-state index is 11.0. The lowest BCUT2D eigenvalue weighted by Crippen LogP contribution is -2.22. The van der Waals surface area contributed by atoms with Crippen molar-refractivity contribution in [3.05, 3.63) is 95.6 Å².